The minimum Gasteiger partial charge on any atom is -0.481 e. The molecule has 1 N–H and O–H groups in total. The normalized spacial score (nSPS) is 17.9. The van der Waals surface area contributed by atoms with Crippen molar-refractivity contribution >= 4 is 5.97 Å². The second-order valence-electron chi connectivity index (χ2n) is 4.00. The molecule has 82 valence electrons. The maximum absolute atomic E-state index is 10.5. The zero-order valence-electron chi connectivity index (χ0n) is 8.59. The average Bonchev–Trinajstić information content (AvgIpc) is 2.67. The van der Waals surface area contributed by atoms with Gasteiger partial charge in [0.1, 0.15) is 12.7 Å². The van der Waals surface area contributed by atoms with Crippen LogP contribution in [0.1, 0.15) is 44.0 Å². The number of hydrogen-bond acceptors (Lipinski definition) is 3. The van der Waals surface area contributed by atoms with E-state index in [4.69, 9.17) is 5.11 Å². The quantitative estimate of drug-likeness (QED) is 0.817. The molecule has 1 fully saturated rings. The van der Waals surface area contributed by atoms with Crippen molar-refractivity contribution in [3.63, 3.8) is 0 Å². The SMILES string of the molecule is O=C(O)Cc1ncn(C2CCCCC2)n1. The van der Waals surface area contributed by atoms with Crippen LogP contribution < -0.4 is 0 Å². The molecule has 0 aromatic carbocycles. The lowest BCUT2D eigenvalue weighted by atomic mass is 9.96. The summed E-state index contributed by atoms with van der Waals surface area (Å²) in [6.45, 7) is 0. The van der Waals surface area contributed by atoms with Crippen LogP contribution in [-0.2, 0) is 11.2 Å². The Kier molecular flexibility index (Phi) is 2.99. The molecule has 5 heteroatoms. The van der Waals surface area contributed by atoms with Gasteiger partial charge in [-0.05, 0) is 12.8 Å². The molecule has 15 heavy (non-hydrogen) atoms. The Bertz CT molecular complexity index is 342. The molecule has 0 amide bonds. The van der Waals surface area contributed by atoms with Gasteiger partial charge < -0.3 is 5.11 Å². The van der Waals surface area contributed by atoms with E-state index in [1.807, 2.05) is 4.68 Å². The lowest BCUT2D eigenvalue weighted by Gasteiger charge is -2.21. The standard InChI is InChI=1S/C10H15N3O2/c14-10(15)6-9-11-7-13(12-9)8-4-2-1-3-5-8/h7-8H,1-6H2,(H,14,15). The third kappa shape index (κ3) is 2.55. The molecule has 2 rings (SSSR count). The number of carboxylic acid groups (broad SMARTS) is 1. The van der Waals surface area contributed by atoms with Crippen LogP contribution in [-0.4, -0.2) is 25.8 Å². The first-order chi connectivity index (χ1) is 7.25. The van der Waals surface area contributed by atoms with Gasteiger partial charge in [-0.25, -0.2) is 9.67 Å². The molecule has 0 saturated heterocycles. The first-order valence-corrected chi connectivity index (χ1v) is 5.37. The van der Waals surface area contributed by atoms with Crippen LogP contribution in [0.4, 0.5) is 0 Å². The van der Waals surface area contributed by atoms with Crippen molar-refractivity contribution in [3.8, 4) is 0 Å². The molecule has 0 spiro atoms. The van der Waals surface area contributed by atoms with Gasteiger partial charge in [0.25, 0.3) is 0 Å². The Labute approximate surface area is 88.1 Å². The van der Waals surface area contributed by atoms with Crippen molar-refractivity contribution in [1.82, 2.24) is 14.8 Å². The van der Waals surface area contributed by atoms with E-state index in [2.05, 4.69) is 10.1 Å². The fraction of sp³-hybridized carbons (Fsp3) is 0.700. The number of nitrogens with zero attached hydrogens (tertiary/aromatic N) is 3. The van der Waals surface area contributed by atoms with Gasteiger partial charge in [-0.3, -0.25) is 4.79 Å². The van der Waals surface area contributed by atoms with E-state index in [0.717, 1.165) is 12.8 Å². The highest BCUT2D eigenvalue weighted by Gasteiger charge is 2.17. The highest BCUT2D eigenvalue weighted by molar-refractivity contribution is 5.68. The largest absolute Gasteiger partial charge is 0.481 e. The number of carboxylic acids is 1. The molecule has 5 nitrogen and oxygen atoms in total. The van der Waals surface area contributed by atoms with Crippen molar-refractivity contribution in [1.29, 1.82) is 0 Å². The highest BCUT2D eigenvalue weighted by Crippen LogP contribution is 2.26. The average molecular weight is 209 g/mol. The van der Waals surface area contributed by atoms with E-state index >= 15 is 0 Å². The summed E-state index contributed by atoms with van der Waals surface area (Å²) in [4.78, 5) is 14.5. The minimum absolute atomic E-state index is 0.0836. The maximum Gasteiger partial charge on any atom is 0.311 e. The van der Waals surface area contributed by atoms with Crippen LogP contribution >= 0.6 is 0 Å². The van der Waals surface area contributed by atoms with Gasteiger partial charge in [0, 0.05) is 0 Å². The molecular formula is C10H15N3O2. The zero-order chi connectivity index (χ0) is 10.7. The van der Waals surface area contributed by atoms with Crippen LogP contribution in [0.2, 0.25) is 0 Å². The van der Waals surface area contributed by atoms with Gasteiger partial charge >= 0.3 is 5.97 Å². The van der Waals surface area contributed by atoms with E-state index in [1.54, 1.807) is 6.33 Å². The predicted octanol–water partition coefficient (Wildman–Crippen LogP) is 1.41. The zero-order valence-corrected chi connectivity index (χ0v) is 8.59. The van der Waals surface area contributed by atoms with E-state index in [-0.39, 0.29) is 6.42 Å². The summed E-state index contributed by atoms with van der Waals surface area (Å²) in [6.07, 6.45) is 7.62. The molecule has 1 aromatic rings. The fourth-order valence-electron chi connectivity index (χ4n) is 2.05. The first-order valence-electron chi connectivity index (χ1n) is 5.37. The third-order valence-electron chi connectivity index (χ3n) is 2.81. The van der Waals surface area contributed by atoms with Gasteiger partial charge in [0.05, 0.1) is 6.04 Å². The van der Waals surface area contributed by atoms with Crippen molar-refractivity contribution in [2.45, 2.75) is 44.6 Å². The van der Waals surface area contributed by atoms with Gasteiger partial charge in [-0.2, -0.15) is 5.10 Å². The predicted molar refractivity (Wildman–Crippen MR) is 53.5 cm³/mol. The molecule has 0 unspecified atom stereocenters. The second-order valence-corrected chi connectivity index (χ2v) is 4.00. The fourth-order valence-corrected chi connectivity index (χ4v) is 2.05. The number of rotatable bonds is 3. The van der Waals surface area contributed by atoms with Crippen LogP contribution in [0.25, 0.3) is 0 Å². The molecular weight excluding hydrogens is 194 g/mol. The molecule has 1 aliphatic rings. The minimum atomic E-state index is -0.878. The Morgan fingerprint density at radius 2 is 2.20 bits per heavy atom. The van der Waals surface area contributed by atoms with E-state index < -0.39 is 5.97 Å². The number of carbonyl (C=O) groups is 1. The van der Waals surface area contributed by atoms with Crippen LogP contribution in [0.15, 0.2) is 6.33 Å². The monoisotopic (exact) mass is 209 g/mol. The van der Waals surface area contributed by atoms with Gasteiger partial charge in [-0.15, -0.1) is 0 Å². The molecule has 1 saturated carbocycles. The summed E-state index contributed by atoms with van der Waals surface area (Å²) >= 11 is 0. The maximum atomic E-state index is 10.5. The first kappa shape index (κ1) is 10.1. The number of aliphatic carboxylic acids is 1. The molecule has 0 aliphatic heterocycles. The summed E-state index contributed by atoms with van der Waals surface area (Å²) < 4.78 is 1.83. The van der Waals surface area contributed by atoms with Crippen LogP contribution in [0, 0.1) is 0 Å². The van der Waals surface area contributed by atoms with Crippen LogP contribution in [0.5, 0.6) is 0 Å². The molecule has 0 radical (unpaired) electrons. The molecule has 1 aliphatic carbocycles. The second kappa shape index (κ2) is 4.42. The summed E-state index contributed by atoms with van der Waals surface area (Å²) in [5, 5.41) is 12.8. The summed E-state index contributed by atoms with van der Waals surface area (Å²) in [5.41, 5.74) is 0. The van der Waals surface area contributed by atoms with Gasteiger partial charge in [0.15, 0.2) is 5.82 Å². The van der Waals surface area contributed by atoms with E-state index in [9.17, 15) is 4.79 Å². The molecule has 0 bridgehead atoms. The summed E-state index contributed by atoms with van der Waals surface area (Å²) in [6, 6.07) is 0.425. The molecule has 0 atom stereocenters. The Hall–Kier alpha value is -1.39. The topological polar surface area (TPSA) is 68.0 Å². The molecule has 1 aromatic heterocycles. The molecule has 1 heterocycles. The summed E-state index contributed by atoms with van der Waals surface area (Å²) in [5.74, 6) is -0.468. The smallest absolute Gasteiger partial charge is 0.311 e. The van der Waals surface area contributed by atoms with E-state index in [0.29, 0.717) is 11.9 Å². The Balaban J connectivity index is 2.02. The number of hydrogen-bond donors (Lipinski definition) is 1. The summed E-state index contributed by atoms with van der Waals surface area (Å²) in [7, 11) is 0. The van der Waals surface area contributed by atoms with Crippen molar-refractivity contribution in [2.75, 3.05) is 0 Å². The highest BCUT2D eigenvalue weighted by atomic mass is 16.4. The van der Waals surface area contributed by atoms with Crippen molar-refractivity contribution < 1.29 is 9.90 Å². The number of aromatic nitrogens is 3. The van der Waals surface area contributed by atoms with Gasteiger partial charge in [0.2, 0.25) is 0 Å². The lowest BCUT2D eigenvalue weighted by Crippen LogP contribution is -2.13. The Morgan fingerprint density at radius 1 is 1.47 bits per heavy atom. The Morgan fingerprint density at radius 3 is 2.87 bits per heavy atom. The van der Waals surface area contributed by atoms with E-state index in [1.165, 1.54) is 19.3 Å². The third-order valence-corrected chi connectivity index (χ3v) is 2.81. The van der Waals surface area contributed by atoms with Crippen LogP contribution in [0.3, 0.4) is 0 Å². The van der Waals surface area contributed by atoms with Crippen molar-refractivity contribution in [3.05, 3.63) is 12.2 Å². The lowest BCUT2D eigenvalue weighted by molar-refractivity contribution is -0.136. The van der Waals surface area contributed by atoms with Gasteiger partial charge in [-0.1, -0.05) is 19.3 Å². The van der Waals surface area contributed by atoms with Crippen molar-refractivity contribution in [2.24, 2.45) is 0 Å².